The molecule has 0 radical (unpaired) electrons. The van der Waals surface area contributed by atoms with Crippen molar-refractivity contribution in [2.24, 2.45) is 0 Å². The van der Waals surface area contributed by atoms with Crippen molar-refractivity contribution in [3.8, 4) is 0 Å². The van der Waals surface area contributed by atoms with Crippen molar-refractivity contribution in [3.05, 3.63) is 71.0 Å². The Hall–Kier alpha value is -2.89. The number of urea groups is 1. The molecule has 3 rings (SSSR count). The molecule has 2 N–H and O–H groups in total. The summed E-state index contributed by atoms with van der Waals surface area (Å²) in [5, 5.41) is 11.9. The van der Waals surface area contributed by atoms with Crippen LogP contribution >= 0.6 is 0 Å². The van der Waals surface area contributed by atoms with E-state index in [4.69, 9.17) is 5.11 Å². The Morgan fingerprint density at radius 3 is 2.46 bits per heavy atom. The number of rotatable bonds is 4. The van der Waals surface area contributed by atoms with E-state index < -0.39 is 5.97 Å². The number of likely N-dealkylation sites (tertiary alicyclic amines) is 1. The van der Waals surface area contributed by atoms with Crippen molar-refractivity contribution in [2.75, 3.05) is 13.1 Å². The van der Waals surface area contributed by atoms with Crippen molar-refractivity contribution in [1.29, 1.82) is 0 Å². The number of hydrogen-bond donors (Lipinski definition) is 2. The minimum absolute atomic E-state index is 0.138. The number of carboxylic acid groups (broad SMARTS) is 1. The van der Waals surface area contributed by atoms with Crippen LogP contribution in [0.1, 0.15) is 40.2 Å². The molecule has 0 unspecified atom stereocenters. The SMILES string of the molecule is O=C(O)c1ccc([C@@H]2CCCN(C(=O)NCc3ccc(F)cc3)C2)cc1. The zero-order valence-electron chi connectivity index (χ0n) is 14.3. The zero-order chi connectivity index (χ0) is 18.5. The van der Waals surface area contributed by atoms with Gasteiger partial charge in [-0.25, -0.2) is 14.0 Å². The molecule has 136 valence electrons. The molecule has 0 bridgehead atoms. The molecule has 0 aliphatic carbocycles. The third kappa shape index (κ3) is 4.39. The fraction of sp³-hybridized carbons (Fsp3) is 0.300. The normalized spacial score (nSPS) is 17.0. The molecule has 0 aromatic heterocycles. The van der Waals surface area contributed by atoms with Crippen LogP contribution < -0.4 is 5.32 Å². The summed E-state index contributed by atoms with van der Waals surface area (Å²) in [6.07, 6.45) is 1.86. The van der Waals surface area contributed by atoms with Gasteiger partial charge in [-0.05, 0) is 48.2 Å². The van der Waals surface area contributed by atoms with Crippen LogP contribution in [0.5, 0.6) is 0 Å². The summed E-state index contributed by atoms with van der Waals surface area (Å²) >= 11 is 0. The lowest BCUT2D eigenvalue weighted by atomic mass is 9.90. The predicted molar refractivity (Wildman–Crippen MR) is 95.6 cm³/mol. The summed E-state index contributed by atoms with van der Waals surface area (Å²) in [5.74, 6) is -1.04. The monoisotopic (exact) mass is 356 g/mol. The second-order valence-electron chi connectivity index (χ2n) is 6.50. The maximum absolute atomic E-state index is 12.9. The molecule has 1 aliphatic rings. The largest absolute Gasteiger partial charge is 0.478 e. The first-order valence-electron chi connectivity index (χ1n) is 8.63. The molecule has 1 saturated heterocycles. The Labute approximate surface area is 151 Å². The molecule has 2 aromatic rings. The summed E-state index contributed by atoms with van der Waals surface area (Å²) in [5.41, 5.74) is 2.15. The molecule has 2 amide bonds. The second kappa shape index (κ2) is 7.99. The van der Waals surface area contributed by atoms with Crippen molar-refractivity contribution in [2.45, 2.75) is 25.3 Å². The Balaban J connectivity index is 1.57. The number of carbonyl (C=O) groups excluding carboxylic acids is 1. The minimum atomic E-state index is -0.943. The van der Waals surface area contributed by atoms with E-state index in [-0.39, 0.29) is 23.3 Å². The van der Waals surface area contributed by atoms with Gasteiger partial charge in [-0.1, -0.05) is 24.3 Å². The van der Waals surface area contributed by atoms with E-state index in [2.05, 4.69) is 5.32 Å². The molecule has 0 saturated carbocycles. The van der Waals surface area contributed by atoms with Crippen LogP contribution in [0.3, 0.4) is 0 Å². The van der Waals surface area contributed by atoms with E-state index in [1.807, 2.05) is 12.1 Å². The van der Waals surface area contributed by atoms with E-state index in [0.717, 1.165) is 24.0 Å². The molecule has 6 heteroatoms. The number of amides is 2. The molecule has 0 spiro atoms. The highest BCUT2D eigenvalue weighted by atomic mass is 19.1. The molecule has 5 nitrogen and oxygen atoms in total. The Morgan fingerprint density at radius 1 is 1.12 bits per heavy atom. The van der Waals surface area contributed by atoms with E-state index in [1.54, 1.807) is 29.2 Å². The summed E-state index contributed by atoms with van der Waals surface area (Å²) in [6.45, 7) is 1.65. The van der Waals surface area contributed by atoms with E-state index in [1.165, 1.54) is 12.1 Å². The molecular weight excluding hydrogens is 335 g/mol. The van der Waals surface area contributed by atoms with Gasteiger partial charge in [0.2, 0.25) is 0 Å². The lowest BCUT2D eigenvalue weighted by Crippen LogP contribution is -2.44. The first kappa shape index (κ1) is 17.9. The molecule has 1 atom stereocenters. The maximum atomic E-state index is 12.9. The first-order valence-corrected chi connectivity index (χ1v) is 8.63. The fourth-order valence-electron chi connectivity index (χ4n) is 3.22. The van der Waals surface area contributed by atoms with Crippen LogP contribution in [0.25, 0.3) is 0 Å². The smallest absolute Gasteiger partial charge is 0.335 e. The van der Waals surface area contributed by atoms with Gasteiger partial charge in [-0.15, -0.1) is 0 Å². The highest BCUT2D eigenvalue weighted by molar-refractivity contribution is 5.87. The van der Waals surface area contributed by atoms with E-state index >= 15 is 0 Å². The molecule has 1 heterocycles. The maximum Gasteiger partial charge on any atom is 0.335 e. The number of halogens is 1. The van der Waals surface area contributed by atoms with Gasteiger partial charge >= 0.3 is 12.0 Å². The highest BCUT2D eigenvalue weighted by Crippen LogP contribution is 2.27. The number of carboxylic acids is 1. The van der Waals surface area contributed by atoms with Crippen LogP contribution in [-0.2, 0) is 6.54 Å². The van der Waals surface area contributed by atoms with Gasteiger partial charge < -0.3 is 15.3 Å². The first-order chi connectivity index (χ1) is 12.5. The lowest BCUT2D eigenvalue weighted by molar-refractivity contribution is 0.0697. The van der Waals surface area contributed by atoms with Crippen molar-refractivity contribution in [1.82, 2.24) is 10.2 Å². The summed E-state index contributed by atoms with van der Waals surface area (Å²) < 4.78 is 12.9. The van der Waals surface area contributed by atoms with Gasteiger partial charge in [-0.3, -0.25) is 0 Å². The average molecular weight is 356 g/mol. The molecule has 1 aliphatic heterocycles. The minimum Gasteiger partial charge on any atom is -0.478 e. The number of hydrogen-bond acceptors (Lipinski definition) is 2. The summed E-state index contributed by atoms with van der Waals surface area (Å²) in [7, 11) is 0. The van der Waals surface area contributed by atoms with Crippen LogP contribution in [0.2, 0.25) is 0 Å². The number of piperidine rings is 1. The quantitative estimate of drug-likeness (QED) is 0.879. The Kier molecular flexibility index (Phi) is 5.51. The predicted octanol–water partition coefficient (Wildman–Crippen LogP) is 3.61. The number of nitrogens with one attached hydrogen (secondary N) is 1. The average Bonchev–Trinajstić information content (AvgIpc) is 2.67. The summed E-state index contributed by atoms with van der Waals surface area (Å²) in [4.78, 5) is 25.2. The third-order valence-electron chi connectivity index (χ3n) is 4.69. The zero-order valence-corrected chi connectivity index (χ0v) is 14.3. The van der Waals surface area contributed by atoms with Gasteiger partial charge in [0, 0.05) is 25.6 Å². The van der Waals surface area contributed by atoms with Crippen molar-refractivity contribution in [3.63, 3.8) is 0 Å². The van der Waals surface area contributed by atoms with Gasteiger partial charge in [0.1, 0.15) is 5.82 Å². The van der Waals surface area contributed by atoms with Crippen LogP contribution in [0.4, 0.5) is 9.18 Å². The number of nitrogens with zero attached hydrogens (tertiary/aromatic N) is 1. The van der Waals surface area contributed by atoms with E-state index in [9.17, 15) is 14.0 Å². The van der Waals surface area contributed by atoms with Gasteiger partial charge in [0.05, 0.1) is 5.56 Å². The fourth-order valence-corrected chi connectivity index (χ4v) is 3.22. The van der Waals surface area contributed by atoms with Crippen LogP contribution in [0, 0.1) is 5.82 Å². The van der Waals surface area contributed by atoms with Gasteiger partial charge in [0.15, 0.2) is 0 Å². The van der Waals surface area contributed by atoms with Crippen LogP contribution in [-0.4, -0.2) is 35.1 Å². The topological polar surface area (TPSA) is 69.6 Å². The second-order valence-corrected chi connectivity index (χ2v) is 6.50. The number of aromatic carboxylic acids is 1. The highest BCUT2D eigenvalue weighted by Gasteiger charge is 2.24. The molecule has 1 fully saturated rings. The third-order valence-corrected chi connectivity index (χ3v) is 4.69. The summed E-state index contributed by atoms with van der Waals surface area (Å²) in [6, 6.07) is 12.8. The lowest BCUT2D eigenvalue weighted by Gasteiger charge is -2.33. The Morgan fingerprint density at radius 2 is 1.81 bits per heavy atom. The van der Waals surface area contributed by atoms with E-state index in [0.29, 0.717) is 19.6 Å². The van der Waals surface area contributed by atoms with Crippen molar-refractivity contribution < 1.29 is 19.1 Å². The van der Waals surface area contributed by atoms with Crippen LogP contribution in [0.15, 0.2) is 48.5 Å². The standard InChI is InChI=1S/C20H21FN2O3/c21-18-9-3-14(4-10-18)12-22-20(26)23-11-1-2-17(13-23)15-5-7-16(8-6-15)19(24)25/h3-10,17H,1-2,11-13H2,(H,22,26)(H,24,25)/t17-/m1/s1. The van der Waals surface area contributed by atoms with Gasteiger partial charge in [0.25, 0.3) is 0 Å². The number of benzene rings is 2. The molecule has 26 heavy (non-hydrogen) atoms. The van der Waals surface area contributed by atoms with Crippen molar-refractivity contribution >= 4 is 12.0 Å². The number of carbonyl (C=O) groups is 2. The Bertz CT molecular complexity index is 775. The molecule has 2 aromatic carbocycles. The van der Waals surface area contributed by atoms with Gasteiger partial charge in [-0.2, -0.15) is 0 Å². The molecular formula is C20H21FN2O3.